The zero-order valence-electron chi connectivity index (χ0n) is 7.31. The fourth-order valence-electron chi connectivity index (χ4n) is 1.08. The predicted molar refractivity (Wildman–Crippen MR) is 42.1 cm³/mol. The number of barbiturate groups is 1. The molecule has 0 bridgehead atoms. The number of nitrogens with zero attached hydrogens (tertiary/aromatic N) is 1. The van der Waals surface area contributed by atoms with Crippen molar-refractivity contribution in [1.29, 1.82) is 0 Å². The minimum atomic E-state index is -1.31. The Kier molecular flexibility index (Phi) is 2.50. The Bertz CT molecular complexity index is 324. The van der Waals surface area contributed by atoms with Gasteiger partial charge < -0.3 is 5.11 Å². The number of carboxylic acid groups (broad SMARTS) is 1. The normalized spacial score (nSPS) is 22.2. The third kappa shape index (κ3) is 1.70. The fraction of sp³-hybridized carbons (Fsp3) is 0.429. The van der Waals surface area contributed by atoms with Crippen LogP contribution in [0.25, 0.3) is 0 Å². The smallest absolute Gasteiger partial charge is 0.330 e. The maximum Gasteiger partial charge on any atom is 0.330 e. The molecule has 7 nitrogen and oxygen atoms in total. The van der Waals surface area contributed by atoms with E-state index in [4.69, 9.17) is 5.11 Å². The molecule has 0 aliphatic carbocycles. The van der Waals surface area contributed by atoms with E-state index in [-0.39, 0.29) is 0 Å². The lowest BCUT2D eigenvalue weighted by molar-refractivity contribution is -0.149. The van der Waals surface area contributed by atoms with Crippen LogP contribution in [0, 0.1) is 5.92 Å². The number of nitrogens with one attached hydrogen (secondary N) is 1. The molecule has 0 aromatic carbocycles. The molecule has 7 heteroatoms. The first-order valence-corrected chi connectivity index (χ1v) is 3.77. The average molecular weight is 200 g/mol. The molecule has 0 aromatic rings. The van der Waals surface area contributed by atoms with E-state index in [2.05, 4.69) is 0 Å². The van der Waals surface area contributed by atoms with E-state index >= 15 is 0 Å². The molecule has 1 unspecified atom stereocenters. The molecule has 1 rings (SSSR count). The number of imide groups is 2. The van der Waals surface area contributed by atoms with Crippen LogP contribution in [0.4, 0.5) is 4.79 Å². The summed E-state index contributed by atoms with van der Waals surface area (Å²) < 4.78 is 0. The Morgan fingerprint density at radius 2 is 2.07 bits per heavy atom. The van der Waals surface area contributed by atoms with Crippen LogP contribution >= 0.6 is 0 Å². The maximum absolute atomic E-state index is 11.3. The van der Waals surface area contributed by atoms with Gasteiger partial charge in [-0.15, -0.1) is 0 Å². The highest BCUT2D eigenvalue weighted by Crippen LogP contribution is 2.12. The Hall–Kier alpha value is -1.92. The maximum atomic E-state index is 11.3. The average Bonchev–Trinajstić information content (AvgIpc) is 2.09. The second-order valence-corrected chi connectivity index (χ2v) is 2.84. The van der Waals surface area contributed by atoms with Crippen LogP contribution in [-0.2, 0) is 14.4 Å². The third-order valence-corrected chi connectivity index (χ3v) is 1.86. The molecular weight excluding hydrogens is 192 g/mol. The number of hydrogen-bond donors (Lipinski definition) is 2. The highest BCUT2D eigenvalue weighted by molar-refractivity contribution is 6.16. The molecule has 1 atom stereocenters. The van der Waals surface area contributed by atoms with Crippen molar-refractivity contribution >= 4 is 23.8 Å². The van der Waals surface area contributed by atoms with Crippen LogP contribution in [0.2, 0.25) is 0 Å². The van der Waals surface area contributed by atoms with E-state index in [0.29, 0.717) is 4.90 Å². The summed E-state index contributed by atoms with van der Waals surface area (Å²) in [5, 5.41) is 10.3. The minimum absolute atomic E-state index is 0.609. The van der Waals surface area contributed by atoms with Crippen molar-refractivity contribution < 1.29 is 24.3 Å². The molecule has 0 aromatic heterocycles. The van der Waals surface area contributed by atoms with Gasteiger partial charge in [0.1, 0.15) is 5.92 Å². The summed E-state index contributed by atoms with van der Waals surface area (Å²) in [6.07, 6.45) is -0.609. The van der Waals surface area contributed by atoms with Crippen molar-refractivity contribution in [1.82, 2.24) is 10.2 Å². The molecular formula is C7H8N2O5. The number of amides is 4. The lowest BCUT2D eigenvalue weighted by atomic mass is 10.0. The predicted octanol–water partition coefficient (Wildman–Crippen LogP) is -1.21. The van der Waals surface area contributed by atoms with E-state index in [1.54, 1.807) is 0 Å². The Balaban J connectivity index is 2.84. The Morgan fingerprint density at radius 1 is 1.50 bits per heavy atom. The number of hydrogen-bond acceptors (Lipinski definition) is 4. The molecule has 0 radical (unpaired) electrons. The molecule has 14 heavy (non-hydrogen) atoms. The Morgan fingerprint density at radius 3 is 2.57 bits per heavy atom. The lowest BCUT2D eigenvalue weighted by Gasteiger charge is -2.26. The van der Waals surface area contributed by atoms with Gasteiger partial charge in [0.25, 0.3) is 0 Å². The van der Waals surface area contributed by atoms with Gasteiger partial charge in [0, 0.05) is 7.05 Å². The summed E-state index contributed by atoms with van der Waals surface area (Å²) in [5.41, 5.74) is 0. The van der Waals surface area contributed by atoms with Gasteiger partial charge in [0.05, 0.1) is 6.42 Å². The number of aliphatic carboxylic acids is 1. The van der Waals surface area contributed by atoms with Crippen molar-refractivity contribution in [2.75, 3.05) is 7.05 Å². The van der Waals surface area contributed by atoms with Crippen molar-refractivity contribution in [3.8, 4) is 0 Å². The van der Waals surface area contributed by atoms with E-state index in [9.17, 15) is 19.2 Å². The molecule has 1 heterocycles. The number of urea groups is 1. The number of rotatable bonds is 2. The van der Waals surface area contributed by atoms with Gasteiger partial charge in [0.2, 0.25) is 11.8 Å². The Labute approximate surface area is 78.7 Å². The van der Waals surface area contributed by atoms with Crippen molar-refractivity contribution in [2.45, 2.75) is 6.42 Å². The van der Waals surface area contributed by atoms with Crippen LogP contribution in [-0.4, -0.2) is 40.9 Å². The highest BCUT2D eigenvalue weighted by Gasteiger charge is 2.39. The van der Waals surface area contributed by atoms with Crippen LogP contribution < -0.4 is 5.32 Å². The van der Waals surface area contributed by atoms with Gasteiger partial charge in [-0.3, -0.25) is 24.6 Å². The molecule has 2 N–H and O–H groups in total. The summed E-state index contributed by atoms with van der Waals surface area (Å²) in [4.78, 5) is 44.2. The van der Waals surface area contributed by atoms with Gasteiger partial charge in [0.15, 0.2) is 0 Å². The monoisotopic (exact) mass is 200 g/mol. The zero-order chi connectivity index (χ0) is 10.9. The third-order valence-electron chi connectivity index (χ3n) is 1.86. The molecule has 1 fully saturated rings. The van der Waals surface area contributed by atoms with Crippen molar-refractivity contribution in [3.05, 3.63) is 0 Å². The first kappa shape index (κ1) is 10.2. The topological polar surface area (TPSA) is 104 Å². The highest BCUT2D eigenvalue weighted by atomic mass is 16.4. The minimum Gasteiger partial charge on any atom is -0.481 e. The van der Waals surface area contributed by atoms with E-state index in [1.165, 1.54) is 7.05 Å². The SMILES string of the molecule is CN1C(=O)NC(=O)C(CC(=O)O)C1=O. The van der Waals surface area contributed by atoms with Gasteiger partial charge in [-0.2, -0.15) is 0 Å². The molecule has 0 spiro atoms. The number of carboxylic acids is 1. The van der Waals surface area contributed by atoms with Gasteiger partial charge in [-0.25, -0.2) is 4.79 Å². The molecule has 76 valence electrons. The summed E-state index contributed by atoms with van der Waals surface area (Å²) in [5.74, 6) is -4.22. The summed E-state index contributed by atoms with van der Waals surface area (Å²) in [6, 6.07) is -0.832. The van der Waals surface area contributed by atoms with Crippen LogP contribution in [0.3, 0.4) is 0 Å². The van der Waals surface area contributed by atoms with Crippen molar-refractivity contribution in [3.63, 3.8) is 0 Å². The number of carbonyl (C=O) groups is 4. The standard InChI is InChI=1S/C7H8N2O5/c1-9-6(13)3(2-4(10)11)5(12)8-7(9)14/h3H,2H2,1H3,(H,10,11)(H,8,12,14). The van der Waals surface area contributed by atoms with Crippen LogP contribution in [0.5, 0.6) is 0 Å². The van der Waals surface area contributed by atoms with Gasteiger partial charge >= 0.3 is 12.0 Å². The summed E-state index contributed by atoms with van der Waals surface area (Å²) in [6.45, 7) is 0. The van der Waals surface area contributed by atoms with E-state index in [1.807, 2.05) is 5.32 Å². The molecule has 1 aliphatic rings. The van der Waals surface area contributed by atoms with Gasteiger partial charge in [-0.05, 0) is 0 Å². The van der Waals surface area contributed by atoms with Crippen LogP contribution in [0.1, 0.15) is 6.42 Å². The largest absolute Gasteiger partial charge is 0.481 e. The molecule has 1 aliphatic heterocycles. The number of carbonyl (C=O) groups excluding carboxylic acids is 3. The van der Waals surface area contributed by atoms with Gasteiger partial charge in [-0.1, -0.05) is 0 Å². The first-order chi connectivity index (χ1) is 6.43. The first-order valence-electron chi connectivity index (χ1n) is 3.77. The zero-order valence-corrected chi connectivity index (χ0v) is 7.31. The molecule has 1 saturated heterocycles. The second kappa shape index (κ2) is 3.44. The molecule has 0 saturated carbocycles. The van der Waals surface area contributed by atoms with Crippen LogP contribution in [0.15, 0.2) is 0 Å². The van der Waals surface area contributed by atoms with E-state index < -0.39 is 36.2 Å². The molecule has 4 amide bonds. The summed E-state index contributed by atoms with van der Waals surface area (Å²) >= 11 is 0. The summed E-state index contributed by atoms with van der Waals surface area (Å²) in [7, 11) is 1.18. The van der Waals surface area contributed by atoms with Crippen molar-refractivity contribution in [2.24, 2.45) is 5.92 Å². The second-order valence-electron chi connectivity index (χ2n) is 2.84. The fourth-order valence-corrected chi connectivity index (χ4v) is 1.08. The quantitative estimate of drug-likeness (QED) is 0.544. The van der Waals surface area contributed by atoms with E-state index in [0.717, 1.165) is 0 Å². The lowest BCUT2D eigenvalue weighted by Crippen LogP contribution is -2.56.